The molecule has 0 saturated carbocycles. The van der Waals surface area contributed by atoms with Crippen LogP contribution in [0.25, 0.3) is 0 Å². The number of rotatable bonds is 4. The van der Waals surface area contributed by atoms with Crippen molar-refractivity contribution < 1.29 is 31.2 Å². The number of carbonyl (C=O) groups is 2. The van der Waals surface area contributed by atoms with Crippen molar-refractivity contribution in [2.45, 2.75) is 23.5 Å². The number of anilines is 2. The number of hydrogen-bond donors (Lipinski definition) is 2. The maximum Gasteiger partial charge on any atom is 0.418 e. The number of halogens is 3. The van der Waals surface area contributed by atoms with E-state index in [1.165, 1.54) is 30.3 Å². The molecule has 1 aliphatic rings. The summed E-state index contributed by atoms with van der Waals surface area (Å²) in [5.74, 6) is -1.68. The lowest BCUT2D eigenvalue weighted by Crippen LogP contribution is -2.36. The van der Waals surface area contributed by atoms with Crippen LogP contribution in [0.5, 0.6) is 0 Å². The summed E-state index contributed by atoms with van der Waals surface area (Å²) in [6, 6.07) is 8.36. The molecule has 2 amide bonds. The maximum atomic E-state index is 13.2. The number of nitrogens with two attached hydrogens (primary N) is 1. The van der Waals surface area contributed by atoms with Gasteiger partial charge in [0.05, 0.1) is 22.6 Å². The molecular weight excluding hydrogens is 399 g/mol. The molecule has 1 heterocycles. The first-order valence-electron chi connectivity index (χ1n) is 7.91. The van der Waals surface area contributed by atoms with E-state index in [0.29, 0.717) is 4.90 Å². The first kappa shape index (κ1) is 19.8. The molecule has 3 rings (SSSR count). The molecule has 0 spiro atoms. The minimum Gasteiger partial charge on any atom is -0.373 e. The number of carbonyl (C=O) groups excluding carboxylic acids is 2. The Kier molecular flexibility index (Phi) is 4.90. The maximum absolute atomic E-state index is 13.2. The molecule has 3 N–H and O–H groups in total. The molecule has 0 unspecified atom stereocenters. The molecule has 0 aromatic heterocycles. The highest BCUT2D eigenvalue weighted by atomic mass is 32.2. The second-order valence-corrected chi connectivity index (χ2v) is 7.62. The minimum atomic E-state index is -4.74. The second kappa shape index (κ2) is 6.91. The molecule has 0 aliphatic carbocycles. The molecule has 7 nitrogen and oxygen atoms in total. The predicted molar refractivity (Wildman–Crippen MR) is 93.8 cm³/mol. The fourth-order valence-electron chi connectivity index (χ4n) is 2.87. The lowest BCUT2D eigenvalue weighted by molar-refractivity contribution is -0.137. The number of alkyl halides is 3. The van der Waals surface area contributed by atoms with Gasteiger partial charge in [0.15, 0.2) is 0 Å². The average Bonchev–Trinajstić information content (AvgIpc) is 2.87. The van der Waals surface area contributed by atoms with Gasteiger partial charge in [-0.3, -0.25) is 9.59 Å². The monoisotopic (exact) mass is 413 g/mol. The van der Waals surface area contributed by atoms with Crippen LogP contribution in [0.15, 0.2) is 53.4 Å². The quantitative estimate of drug-likeness (QED) is 0.746. The SMILES string of the molecule is NS(=O)(=O)c1cccc(N[C@H]2CC(=O)N(c3ccccc3C(F)(F)F)C2=O)c1. The highest BCUT2D eigenvalue weighted by Gasteiger charge is 2.44. The van der Waals surface area contributed by atoms with Crippen molar-refractivity contribution in [1.29, 1.82) is 0 Å². The zero-order chi connectivity index (χ0) is 20.7. The fraction of sp³-hybridized carbons (Fsp3) is 0.176. The van der Waals surface area contributed by atoms with Gasteiger partial charge >= 0.3 is 6.18 Å². The molecule has 1 aliphatic heterocycles. The van der Waals surface area contributed by atoms with Crippen molar-refractivity contribution >= 4 is 33.2 Å². The fourth-order valence-corrected chi connectivity index (χ4v) is 3.43. The molecule has 2 aromatic carbocycles. The predicted octanol–water partition coefficient (Wildman–Crippen LogP) is 2.10. The molecule has 0 bridgehead atoms. The van der Waals surface area contributed by atoms with Gasteiger partial charge in [0.1, 0.15) is 6.04 Å². The Morgan fingerprint density at radius 1 is 1.07 bits per heavy atom. The minimum absolute atomic E-state index is 0.184. The van der Waals surface area contributed by atoms with Gasteiger partial charge in [-0.25, -0.2) is 18.5 Å². The first-order chi connectivity index (χ1) is 13.0. The Morgan fingerprint density at radius 3 is 2.39 bits per heavy atom. The van der Waals surface area contributed by atoms with Crippen LogP contribution < -0.4 is 15.4 Å². The lowest BCUT2D eigenvalue weighted by atomic mass is 10.1. The molecule has 0 radical (unpaired) electrons. The van der Waals surface area contributed by atoms with Gasteiger partial charge in [0.2, 0.25) is 15.9 Å². The summed E-state index contributed by atoms with van der Waals surface area (Å²) in [6.07, 6.45) is -5.13. The van der Waals surface area contributed by atoms with E-state index in [2.05, 4.69) is 5.32 Å². The number of nitrogens with zero attached hydrogens (tertiary/aromatic N) is 1. The van der Waals surface area contributed by atoms with Crippen LogP contribution in [-0.2, 0) is 25.8 Å². The summed E-state index contributed by atoms with van der Waals surface area (Å²) >= 11 is 0. The van der Waals surface area contributed by atoms with Gasteiger partial charge in [0, 0.05) is 5.69 Å². The Labute approximate surface area is 158 Å². The van der Waals surface area contributed by atoms with Gasteiger partial charge in [-0.2, -0.15) is 13.2 Å². The zero-order valence-electron chi connectivity index (χ0n) is 14.1. The van der Waals surface area contributed by atoms with Crippen molar-refractivity contribution in [1.82, 2.24) is 0 Å². The van der Waals surface area contributed by atoms with Crippen LogP contribution in [0.3, 0.4) is 0 Å². The van der Waals surface area contributed by atoms with Crippen molar-refractivity contribution in [2.75, 3.05) is 10.2 Å². The van der Waals surface area contributed by atoms with Crippen LogP contribution in [0, 0.1) is 0 Å². The first-order valence-corrected chi connectivity index (χ1v) is 9.45. The molecule has 28 heavy (non-hydrogen) atoms. The van der Waals surface area contributed by atoms with E-state index >= 15 is 0 Å². The van der Waals surface area contributed by atoms with Crippen molar-refractivity contribution in [3.05, 3.63) is 54.1 Å². The van der Waals surface area contributed by atoms with Crippen LogP contribution in [-0.4, -0.2) is 26.3 Å². The Morgan fingerprint density at radius 2 is 1.75 bits per heavy atom. The topological polar surface area (TPSA) is 110 Å². The third kappa shape index (κ3) is 3.85. The van der Waals surface area contributed by atoms with Crippen LogP contribution >= 0.6 is 0 Å². The molecule has 148 valence electrons. The van der Waals surface area contributed by atoms with E-state index < -0.39 is 45.3 Å². The summed E-state index contributed by atoms with van der Waals surface area (Å²) in [4.78, 5) is 25.2. The highest BCUT2D eigenvalue weighted by molar-refractivity contribution is 7.89. The van der Waals surface area contributed by atoms with Crippen molar-refractivity contribution in [2.24, 2.45) is 5.14 Å². The normalized spacial score (nSPS) is 17.9. The largest absolute Gasteiger partial charge is 0.418 e. The van der Waals surface area contributed by atoms with Gasteiger partial charge in [-0.15, -0.1) is 0 Å². The van der Waals surface area contributed by atoms with Crippen LogP contribution in [0.1, 0.15) is 12.0 Å². The Bertz CT molecular complexity index is 1050. The summed E-state index contributed by atoms with van der Waals surface area (Å²) in [5, 5.41) is 7.73. The number of nitrogens with one attached hydrogen (secondary N) is 1. The highest BCUT2D eigenvalue weighted by Crippen LogP contribution is 2.38. The smallest absolute Gasteiger partial charge is 0.373 e. The summed E-state index contributed by atoms with van der Waals surface area (Å²) < 4.78 is 62.5. The number of imide groups is 1. The molecule has 1 saturated heterocycles. The van der Waals surface area contributed by atoms with E-state index in [0.717, 1.165) is 18.2 Å². The third-order valence-corrected chi connectivity index (χ3v) is 5.01. The Hall–Kier alpha value is -2.92. The van der Waals surface area contributed by atoms with Gasteiger partial charge in [-0.05, 0) is 30.3 Å². The lowest BCUT2D eigenvalue weighted by Gasteiger charge is -2.20. The third-order valence-electron chi connectivity index (χ3n) is 4.10. The standard InChI is InChI=1S/C17H14F3N3O4S/c18-17(19,20)12-6-1-2-7-14(12)23-15(24)9-13(16(23)25)22-10-4-3-5-11(8-10)28(21,26)27/h1-8,13,22H,9H2,(H2,21,26,27)/t13-/m0/s1. The van der Waals surface area contributed by atoms with E-state index in [4.69, 9.17) is 5.14 Å². The van der Waals surface area contributed by atoms with E-state index in [1.54, 1.807) is 0 Å². The van der Waals surface area contributed by atoms with E-state index in [9.17, 15) is 31.2 Å². The average molecular weight is 413 g/mol. The number of sulfonamides is 1. The summed E-state index contributed by atoms with van der Waals surface area (Å²) in [6.45, 7) is 0. The Balaban J connectivity index is 1.90. The summed E-state index contributed by atoms with van der Waals surface area (Å²) in [7, 11) is -3.99. The van der Waals surface area contributed by atoms with Crippen molar-refractivity contribution in [3.8, 4) is 0 Å². The van der Waals surface area contributed by atoms with E-state index in [-0.39, 0.29) is 17.0 Å². The number of primary sulfonamides is 1. The number of para-hydroxylation sites is 1. The van der Waals surface area contributed by atoms with Gasteiger partial charge in [0.25, 0.3) is 5.91 Å². The van der Waals surface area contributed by atoms with E-state index in [1.807, 2.05) is 0 Å². The number of hydrogen-bond acceptors (Lipinski definition) is 5. The molecule has 1 atom stereocenters. The molecule has 1 fully saturated rings. The molecular formula is C17H14F3N3O4S. The van der Waals surface area contributed by atoms with Crippen LogP contribution in [0.2, 0.25) is 0 Å². The molecule has 11 heteroatoms. The number of amides is 2. The number of benzene rings is 2. The second-order valence-electron chi connectivity index (χ2n) is 6.06. The van der Waals surface area contributed by atoms with Crippen molar-refractivity contribution in [3.63, 3.8) is 0 Å². The zero-order valence-corrected chi connectivity index (χ0v) is 14.9. The summed E-state index contributed by atoms with van der Waals surface area (Å²) in [5.41, 5.74) is -1.47. The molecule has 2 aromatic rings. The van der Waals surface area contributed by atoms with Gasteiger partial charge < -0.3 is 5.32 Å². The van der Waals surface area contributed by atoms with Crippen LogP contribution in [0.4, 0.5) is 24.5 Å². The van der Waals surface area contributed by atoms with Gasteiger partial charge in [-0.1, -0.05) is 18.2 Å².